The van der Waals surface area contributed by atoms with Gasteiger partial charge in [-0.3, -0.25) is 0 Å². The summed E-state index contributed by atoms with van der Waals surface area (Å²) < 4.78 is 0. The number of aliphatic hydroxyl groups is 1. The monoisotopic (exact) mass is 200 g/mol. The molecule has 0 bridgehead atoms. The molecule has 0 aliphatic carbocycles. The van der Waals surface area contributed by atoms with Gasteiger partial charge >= 0.3 is 0 Å². The minimum atomic E-state index is -0.408. The molecule has 0 spiro atoms. The van der Waals surface area contributed by atoms with E-state index in [9.17, 15) is 5.11 Å². The van der Waals surface area contributed by atoms with Crippen molar-refractivity contribution < 1.29 is 5.11 Å². The van der Waals surface area contributed by atoms with Crippen molar-refractivity contribution in [3.63, 3.8) is 0 Å². The molecule has 1 aromatic rings. The Hall–Kier alpha value is -0.450. The standard InChI is InChI=1S/C9H16N2OS/c1-7(6-10)2-3-8(12)9-11-4-5-13-9/h4-5,7-8,12H,2-3,6,10H2,1H3. The van der Waals surface area contributed by atoms with Gasteiger partial charge < -0.3 is 10.8 Å². The van der Waals surface area contributed by atoms with Crippen LogP contribution in [-0.4, -0.2) is 16.6 Å². The van der Waals surface area contributed by atoms with E-state index < -0.39 is 6.10 Å². The fraction of sp³-hybridized carbons (Fsp3) is 0.667. The van der Waals surface area contributed by atoms with E-state index in [0.717, 1.165) is 17.8 Å². The molecule has 2 atom stereocenters. The summed E-state index contributed by atoms with van der Waals surface area (Å²) in [5.74, 6) is 0.481. The average Bonchev–Trinajstić information content (AvgIpc) is 2.66. The van der Waals surface area contributed by atoms with Crippen LogP contribution in [0.1, 0.15) is 30.9 Å². The Morgan fingerprint density at radius 3 is 2.92 bits per heavy atom. The summed E-state index contributed by atoms with van der Waals surface area (Å²) in [7, 11) is 0. The van der Waals surface area contributed by atoms with Gasteiger partial charge in [-0.15, -0.1) is 11.3 Å². The highest BCUT2D eigenvalue weighted by molar-refractivity contribution is 7.09. The average molecular weight is 200 g/mol. The lowest BCUT2D eigenvalue weighted by atomic mass is 10.0. The van der Waals surface area contributed by atoms with E-state index >= 15 is 0 Å². The van der Waals surface area contributed by atoms with Crippen molar-refractivity contribution in [1.29, 1.82) is 0 Å². The summed E-state index contributed by atoms with van der Waals surface area (Å²) in [4.78, 5) is 4.06. The molecular weight excluding hydrogens is 184 g/mol. The van der Waals surface area contributed by atoms with E-state index in [-0.39, 0.29) is 0 Å². The molecule has 0 saturated heterocycles. The van der Waals surface area contributed by atoms with E-state index in [2.05, 4.69) is 11.9 Å². The number of nitrogens with two attached hydrogens (primary N) is 1. The van der Waals surface area contributed by atoms with Crippen LogP contribution in [0.15, 0.2) is 11.6 Å². The summed E-state index contributed by atoms with van der Waals surface area (Å²) in [6, 6.07) is 0. The molecule has 1 aromatic heterocycles. The van der Waals surface area contributed by atoms with Crippen molar-refractivity contribution in [3.8, 4) is 0 Å². The number of hydrogen-bond acceptors (Lipinski definition) is 4. The van der Waals surface area contributed by atoms with Crippen LogP contribution in [0.5, 0.6) is 0 Å². The fourth-order valence-corrected chi connectivity index (χ4v) is 1.74. The first-order valence-corrected chi connectivity index (χ1v) is 5.39. The van der Waals surface area contributed by atoms with Crippen LogP contribution in [0, 0.1) is 5.92 Å². The van der Waals surface area contributed by atoms with Crippen molar-refractivity contribution >= 4 is 11.3 Å². The first-order chi connectivity index (χ1) is 6.24. The van der Waals surface area contributed by atoms with Crippen molar-refractivity contribution in [3.05, 3.63) is 16.6 Å². The third-order valence-electron chi connectivity index (χ3n) is 2.07. The first kappa shape index (κ1) is 10.6. The maximum absolute atomic E-state index is 9.66. The molecule has 0 aliphatic rings. The number of aliphatic hydroxyl groups excluding tert-OH is 1. The van der Waals surface area contributed by atoms with Crippen LogP contribution in [0.3, 0.4) is 0 Å². The highest BCUT2D eigenvalue weighted by atomic mass is 32.1. The lowest BCUT2D eigenvalue weighted by molar-refractivity contribution is 0.158. The van der Waals surface area contributed by atoms with E-state index in [1.165, 1.54) is 11.3 Å². The molecular formula is C9H16N2OS. The number of thiazole rings is 1. The second kappa shape index (κ2) is 5.32. The highest BCUT2D eigenvalue weighted by Crippen LogP contribution is 2.21. The lowest BCUT2D eigenvalue weighted by Crippen LogP contribution is -2.11. The van der Waals surface area contributed by atoms with Gasteiger partial charge in [0.1, 0.15) is 11.1 Å². The maximum Gasteiger partial charge on any atom is 0.121 e. The first-order valence-electron chi connectivity index (χ1n) is 4.51. The molecule has 0 fully saturated rings. The lowest BCUT2D eigenvalue weighted by Gasteiger charge is -2.10. The van der Waals surface area contributed by atoms with Gasteiger partial charge in [0.25, 0.3) is 0 Å². The zero-order chi connectivity index (χ0) is 9.68. The Bertz CT molecular complexity index is 226. The highest BCUT2D eigenvalue weighted by Gasteiger charge is 2.11. The van der Waals surface area contributed by atoms with Crippen LogP contribution in [0.4, 0.5) is 0 Å². The summed E-state index contributed by atoms with van der Waals surface area (Å²) in [6.07, 6.45) is 3.02. The predicted octanol–water partition coefficient (Wildman–Crippen LogP) is 1.55. The normalized spacial score (nSPS) is 15.6. The molecule has 4 heteroatoms. The topological polar surface area (TPSA) is 59.1 Å². The van der Waals surface area contributed by atoms with Gasteiger partial charge in [0.15, 0.2) is 0 Å². The Balaban J connectivity index is 2.30. The largest absolute Gasteiger partial charge is 0.386 e. The van der Waals surface area contributed by atoms with E-state index in [1.807, 2.05) is 5.38 Å². The summed E-state index contributed by atoms with van der Waals surface area (Å²) in [5.41, 5.74) is 5.48. The van der Waals surface area contributed by atoms with Crippen LogP contribution in [0.25, 0.3) is 0 Å². The second-order valence-electron chi connectivity index (χ2n) is 3.30. The fourth-order valence-electron chi connectivity index (χ4n) is 1.08. The van der Waals surface area contributed by atoms with Crippen LogP contribution < -0.4 is 5.73 Å². The van der Waals surface area contributed by atoms with Gasteiger partial charge in [0, 0.05) is 11.6 Å². The number of rotatable bonds is 5. The maximum atomic E-state index is 9.66. The van der Waals surface area contributed by atoms with Crippen molar-refractivity contribution in [2.45, 2.75) is 25.9 Å². The van der Waals surface area contributed by atoms with Crippen molar-refractivity contribution in [1.82, 2.24) is 4.98 Å². The molecule has 74 valence electrons. The Morgan fingerprint density at radius 2 is 2.38 bits per heavy atom. The molecule has 3 N–H and O–H groups in total. The van der Waals surface area contributed by atoms with Crippen LogP contribution in [-0.2, 0) is 0 Å². The van der Waals surface area contributed by atoms with Gasteiger partial charge in [0.2, 0.25) is 0 Å². The van der Waals surface area contributed by atoms with E-state index in [0.29, 0.717) is 12.5 Å². The Labute approximate surface area is 82.6 Å². The summed E-state index contributed by atoms with van der Waals surface area (Å²) in [5, 5.41) is 12.4. The zero-order valence-electron chi connectivity index (χ0n) is 7.81. The Kier molecular flexibility index (Phi) is 4.35. The molecule has 0 radical (unpaired) electrons. The number of nitrogens with zero attached hydrogens (tertiary/aromatic N) is 1. The molecule has 2 unspecified atom stereocenters. The third-order valence-corrected chi connectivity index (χ3v) is 2.95. The molecule has 0 aromatic carbocycles. The van der Waals surface area contributed by atoms with Crippen LogP contribution in [0.2, 0.25) is 0 Å². The number of hydrogen-bond donors (Lipinski definition) is 2. The smallest absolute Gasteiger partial charge is 0.121 e. The summed E-state index contributed by atoms with van der Waals surface area (Å²) >= 11 is 1.50. The molecule has 13 heavy (non-hydrogen) atoms. The molecule has 3 nitrogen and oxygen atoms in total. The second-order valence-corrected chi connectivity index (χ2v) is 4.23. The van der Waals surface area contributed by atoms with E-state index in [1.54, 1.807) is 6.20 Å². The number of aromatic nitrogens is 1. The molecule has 1 heterocycles. The third kappa shape index (κ3) is 3.42. The minimum Gasteiger partial charge on any atom is -0.386 e. The Morgan fingerprint density at radius 1 is 1.62 bits per heavy atom. The van der Waals surface area contributed by atoms with Gasteiger partial charge in [-0.05, 0) is 25.3 Å². The molecule has 0 saturated carbocycles. The van der Waals surface area contributed by atoms with Gasteiger partial charge in [-0.25, -0.2) is 4.98 Å². The quantitative estimate of drug-likeness (QED) is 0.758. The molecule has 0 aliphatic heterocycles. The van der Waals surface area contributed by atoms with Crippen LogP contribution >= 0.6 is 11.3 Å². The SMILES string of the molecule is CC(CN)CCC(O)c1nccs1. The summed E-state index contributed by atoms with van der Waals surface area (Å²) in [6.45, 7) is 2.78. The van der Waals surface area contributed by atoms with Crippen molar-refractivity contribution in [2.24, 2.45) is 11.7 Å². The molecule has 0 amide bonds. The van der Waals surface area contributed by atoms with Crippen molar-refractivity contribution in [2.75, 3.05) is 6.54 Å². The van der Waals surface area contributed by atoms with Gasteiger partial charge in [-0.1, -0.05) is 6.92 Å². The molecule has 1 rings (SSSR count). The van der Waals surface area contributed by atoms with E-state index in [4.69, 9.17) is 5.73 Å². The van der Waals surface area contributed by atoms with Gasteiger partial charge in [-0.2, -0.15) is 0 Å². The van der Waals surface area contributed by atoms with Gasteiger partial charge in [0.05, 0.1) is 0 Å². The zero-order valence-corrected chi connectivity index (χ0v) is 8.63. The minimum absolute atomic E-state index is 0.408. The predicted molar refractivity (Wildman–Crippen MR) is 54.5 cm³/mol.